The molecule has 2 aromatic carbocycles. The number of ether oxygens (including phenoxy) is 2. The Balaban J connectivity index is 1.70. The number of imide groups is 1. The predicted octanol–water partition coefficient (Wildman–Crippen LogP) is 2.99. The molecule has 140 valence electrons. The van der Waals surface area contributed by atoms with Gasteiger partial charge in [-0.05, 0) is 48.6 Å². The van der Waals surface area contributed by atoms with Crippen molar-refractivity contribution in [3.05, 3.63) is 59.2 Å². The average molecular weight is 366 g/mol. The van der Waals surface area contributed by atoms with E-state index in [9.17, 15) is 9.59 Å². The number of hydrogen-bond acceptors (Lipinski definition) is 4. The van der Waals surface area contributed by atoms with Gasteiger partial charge in [-0.3, -0.25) is 9.69 Å². The smallest absolute Gasteiger partial charge is 0.325 e. The molecule has 2 aromatic rings. The molecule has 4 rings (SSSR count). The fraction of sp³-hybridized carbons (Fsp3) is 0.333. The number of amides is 3. The van der Waals surface area contributed by atoms with Crippen LogP contribution < -0.4 is 14.8 Å². The summed E-state index contributed by atoms with van der Waals surface area (Å²) in [5, 5.41) is 2.98. The molecule has 3 amide bonds. The van der Waals surface area contributed by atoms with Gasteiger partial charge >= 0.3 is 6.03 Å². The van der Waals surface area contributed by atoms with E-state index < -0.39 is 5.54 Å². The second-order valence-electron chi connectivity index (χ2n) is 6.92. The van der Waals surface area contributed by atoms with Crippen LogP contribution in [-0.2, 0) is 23.3 Å². The topological polar surface area (TPSA) is 67.9 Å². The molecule has 6 heteroatoms. The Bertz CT molecular complexity index is 911. The van der Waals surface area contributed by atoms with E-state index in [2.05, 4.69) is 5.32 Å². The minimum atomic E-state index is -0.960. The number of methoxy groups -OCH3 is 2. The minimum absolute atomic E-state index is 0.134. The highest BCUT2D eigenvalue weighted by molar-refractivity contribution is 6.07. The first-order chi connectivity index (χ1) is 13.1. The molecule has 0 saturated carbocycles. The minimum Gasteiger partial charge on any atom is -0.497 e. The van der Waals surface area contributed by atoms with Gasteiger partial charge in [-0.15, -0.1) is 0 Å². The van der Waals surface area contributed by atoms with Crippen molar-refractivity contribution < 1.29 is 19.1 Å². The van der Waals surface area contributed by atoms with Gasteiger partial charge in [0.15, 0.2) is 0 Å². The summed E-state index contributed by atoms with van der Waals surface area (Å²) in [6, 6.07) is 12.8. The number of nitrogens with zero attached hydrogens (tertiary/aromatic N) is 1. The predicted molar refractivity (Wildman–Crippen MR) is 99.7 cm³/mol. The third-order valence-electron chi connectivity index (χ3n) is 5.47. The van der Waals surface area contributed by atoms with Gasteiger partial charge in [0.05, 0.1) is 20.8 Å². The van der Waals surface area contributed by atoms with E-state index in [0.717, 1.165) is 29.5 Å². The summed E-state index contributed by atoms with van der Waals surface area (Å²) >= 11 is 0. The van der Waals surface area contributed by atoms with Crippen LogP contribution >= 0.6 is 0 Å². The van der Waals surface area contributed by atoms with Crippen molar-refractivity contribution in [2.45, 2.75) is 31.3 Å². The molecule has 1 N–H and O–H groups in total. The first kappa shape index (κ1) is 17.4. The van der Waals surface area contributed by atoms with Crippen LogP contribution in [0.5, 0.6) is 11.5 Å². The molecule has 27 heavy (non-hydrogen) atoms. The van der Waals surface area contributed by atoms with E-state index in [1.807, 2.05) is 24.3 Å². The summed E-state index contributed by atoms with van der Waals surface area (Å²) in [6.45, 7) is 0.134. The number of aryl methyl sites for hydroxylation is 1. The second kappa shape index (κ2) is 6.61. The number of rotatable bonds is 4. The van der Waals surface area contributed by atoms with Crippen molar-refractivity contribution in [1.82, 2.24) is 10.2 Å². The van der Waals surface area contributed by atoms with Crippen molar-refractivity contribution in [2.75, 3.05) is 14.2 Å². The maximum atomic E-state index is 13.4. The summed E-state index contributed by atoms with van der Waals surface area (Å²) in [5.74, 6) is 1.06. The van der Waals surface area contributed by atoms with Gasteiger partial charge in [0.25, 0.3) is 5.91 Å². The lowest BCUT2D eigenvalue weighted by Gasteiger charge is -2.33. The molecule has 2 aliphatic rings. The normalized spacial score (nSPS) is 21.2. The summed E-state index contributed by atoms with van der Waals surface area (Å²) in [6.07, 6.45) is 2.39. The molecule has 1 heterocycles. The van der Waals surface area contributed by atoms with Crippen LogP contribution in [0.15, 0.2) is 42.5 Å². The maximum Gasteiger partial charge on any atom is 0.325 e. The molecule has 1 aliphatic heterocycles. The number of fused-ring (bicyclic) bond motifs is 2. The SMILES string of the molecule is COc1ccc(OC)c(CN2C(=O)N[C@]3(CCCc4ccccc43)C2=O)c1. The Morgan fingerprint density at radius 3 is 2.70 bits per heavy atom. The zero-order valence-electron chi connectivity index (χ0n) is 15.5. The van der Waals surface area contributed by atoms with E-state index in [1.165, 1.54) is 4.90 Å². The van der Waals surface area contributed by atoms with E-state index in [-0.39, 0.29) is 18.5 Å². The molecule has 1 fully saturated rings. The van der Waals surface area contributed by atoms with Crippen molar-refractivity contribution in [3.63, 3.8) is 0 Å². The lowest BCUT2D eigenvalue weighted by molar-refractivity contribution is -0.132. The molecular formula is C21H22N2O4. The number of benzene rings is 2. The first-order valence-electron chi connectivity index (χ1n) is 9.02. The fourth-order valence-corrected chi connectivity index (χ4v) is 4.13. The van der Waals surface area contributed by atoms with Crippen LogP contribution in [0.2, 0.25) is 0 Å². The van der Waals surface area contributed by atoms with E-state index in [4.69, 9.17) is 9.47 Å². The zero-order chi connectivity index (χ0) is 19.0. The number of carbonyl (C=O) groups excluding carboxylic acids is 2. The number of urea groups is 1. The van der Waals surface area contributed by atoms with Crippen LogP contribution in [0.1, 0.15) is 29.5 Å². The monoisotopic (exact) mass is 366 g/mol. The highest BCUT2D eigenvalue weighted by atomic mass is 16.5. The largest absolute Gasteiger partial charge is 0.497 e. The lowest BCUT2D eigenvalue weighted by Crippen LogP contribution is -2.46. The summed E-state index contributed by atoms with van der Waals surface area (Å²) in [5.41, 5.74) is 1.80. The molecule has 1 atom stereocenters. The molecule has 1 spiro atoms. The third kappa shape index (κ3) is 2.72. The molecule has 1 saturated heterocycles. The quantitative estimate of drug-likeness (QED) is 0.845. The first-order valence-corrected chi connectivity index (χ1v) is 9.02. The Labute approximate surface area is 158 Å². The molecular weight excluding hydrogens is 344 g/mol. The van der Waals surface area contributed by atoms with Crippen molar-refractivity contribution in [3.8, 4) is 11.5 Å². The van der Waals surface area contributed by atoms with Crippen LogP contribution in [0.4, 0.5) is 4.79 Å². The summed E-state index contributed by atoms with van der Waals surface area (Å²) < 4.78 is 10.7. The molecule has 0 radical (unpaired) electrons. The number of nitrogens with one attached hydrogen (secondary N) is 1. The van der Waals surface area contributed by atoms with Crippen molar-refractivity contribution >= 4 is 11.9 Å². The fourth-order valence-electron chi connectivity index (χ4n) is 4.13. The van der Waals surface area contributed by atoms with Gasteiger partial charge < -0.3 is 14.8 Å². The molecule has 0 unspecified atom stereocenters. The Morgan fingerprint density at radius 1 is 1.11 bits per heavy atom. The highest BCUT2D eigenvalue weighted by Gasteiger charge is 2.53. The van der Waals surface area contributed by atoms with Gasteiger partial charge in [0.2, 0.25) is 0 Å². The highest BCUT2D eigenvalue weighted by Crippen LogP contribution is 2.40. The van der Waals surface area contributed by atoms with Gasteiger partial charge in [-0.2, -0.15) is 0 Å². The van der Waals surface area contributed by atoms with Crippen LogP contribution in [0, 0.1) is 0 Å². The molecule has 0 bridgehead atoms. The molecule has 1 aliphatic carbocycles. The van der Waals surface area contributed by atoms with E-state index >= 15 is 0 Å². The Morgan fingerprint density at radius 2 is 1.93 bits per heavy atom. The third-order valence-corrected chi connectivity index (χ3v) is 5.47. The Hall–Kier alpha value is -3.02. The van der Waals surface area contributed by atoms with E-state index in [1.54, 1.807) is 32.4 Å². The van der Waals surface area contributed by atoms with E-state index in [0.29, 0.717) is 17.9 Å². The van der Waals surface area contributed by atoms with Gasteiger partial charge in [-0.1, -0.05) is 24.3 Å². The summed E-state index contributed by atoms with van der Waals surface area (Å²) in [4.78, 5) is 27.4. The van der Waals surface area contributed by atoms with Gasteiger partial charge in [0.1, 0.15) is 17.0 Å². The van der Waals surface area contributed by atoms with Crippen LogP contribution in [-0.4, -0.2) is 31.1 Å². The number of carbonyl (C=O) groups is 2. The lowest BCUT2D eigenvalue weighted by atomic mass is 9.76. The Kier molecular flexibility index (Phi) is 4.26. The zero-order valence-corrected chi connectivity index (χ0v) is 15.5. The second-order valence-corrected chi connectivity index (χ2v) is 6.92. The maximum absolute atomic E-state index is 13.4. The molecule has 6 nitrogen and oxygen atoms in total. The standard InChI is InChI=1S/C21H22N2O4/c1-26-16-9-10-18(27-2)15(12-16)13-23-19(24)21(22-20(23)25)11-5-7-14-6-3-4-8-17(14)21/h3-4,6,8-10,12H,5,7,11,13H2,1-2H3,(H,22,25)/t21-/m0/s1. The van der Waals surface area contributed by atoms with Crippen molar-refractivity contribution in [1.29, 1.82) is 0 Å². The molecule has 0 aromatic heterocycles. The van der Waals surface area contributed by atoms with Crippen LogP contribution in [0.3, 0.4) is 0 Å². The van der Waals surface area contributed by atoms with Gasteiger partial charge in [-0.25, -0.2) is 4.79 Å². The van der Waals surface area contributed by atoms with Crippen LogP contribution in [0.25, 0.3) is 0 Å². The number of hydrogen-bond donors (Lipinski definition) is 1. The van der Waals surface area contributed by atoms with Crippen molar-refractivity contribution in [2.24, 2.45) is 0 Å². The van der Waals surface area contributed by atoms with Gasteiger partial charge in [0, 0.05) is 5.56 Å². The average Bonchev–Trinajstić information content (AvgIpc) is 2.93. The summed E-state index contributed by atoms with van der Waals surface area (Å²) in [7, 11) is 3.14.